The van der Waals surface area contributed by atoms with Gasteiger partial charge < -0.3 is 10.2 Å². The first kappa shape index (κ1) is 14.7. The average molecular weight is 307 g/mol. The third-order valence-electron chi connectivity index (χ3n) is 2.37. The number of nitrogens with zero attached hydrogens (tertiary/aromatic N) is 4. The molecule has 0 atom stereocenters. The zero-order valence-electron chi connectivity index (χ0n) is 10.7. The largest absolute Gasteiger partial charge is 0.433 e. The van der Waals surface area contributed by atoms with Gasteiger partial charge in [-0.25, -0.2) is 4.98 Å². The van der Waals surface area contributed by atoms with Crippen molar-refractivity contribution in [3.8, 4) is 0 Å². The van der Waals surface area contributed by atoms with E-state index in [4.69, 9.17) is 0 Å². The number of hydrogen-bond acceptors (Lipinski definition) is 6. The molecule has 0 bridgehead atoms. The number of fused-ring (bicyclic) bond motifs is 1. The van der Waals surface area contributed by atoms with Crippen molar-refractivity contribution in [3.05, 3.63) is 22.1 Å². The zero-order chi connectivity index (χ0) is 14.9. The van der Waals surface area contributed by atoms with Gasteiger partial charge in [0.1, 0.15) is 0 Å². The van der Waals surface area contributed by atoms with E-state index in [2.05, 4.69) is 15.4 Å². The van der Waals surface area contributed by atoms with Crippen LogP contribution in [0.2, 0.25) is 0 Å². The summed E-state index contributed by atoms with van der Waals surface area (Å²) in [7, 11) is 3.78. The second-order valence-corrected chi connectivity index (χ2v) is 5.26. The molecule has 0 saturated heterocycles. The fourth-order valence-electron chi connectivity index (χ4n) is 1.41. The van der Waals surface area contributed by atoms with Crippen LogP contribution in [0.4, 0.5) is 18.3 Å². The molecule has 0 saturated carbocycles. The lowest BCUT2D eigenvalue weighted by molar-refractivity contribution is -0.141. The lowest BCUT2D eigenvalue weighted by atomic mass is 10.4. The first-order valence-electron chi connectivity index (χ1n) is 5.64. The van der Waals surface area contributed by atoms with Crippen molar-refractivity contribution in [2.45, 2.75) is 6.18 Å². The van der Waals surface area contributed by atoms with E-state index in [1.165, 1.54) is 0 Å². The number of anilines is 1. The summed E-state index contributed by atoms with van der Waals surface area (Å²) in [6.07, 6.45) is -4.64. The molecule has 10 heteroatoms. The van der Waals surface area contributed by atoms with Crippen molar-refractivity contribution in [2.24, 2.45) is 0 Å². The van der Waals surface area contributed by atoms with Gasteiger partial charge in [0, 0.05) is 19.2 Å². The summed E-state index contributed by atoms with van der Waals surface area (Å²) in [4.78, 5) is 16.8. The van der Waals surface area contributed by atoms with Gasteiger partial charge in [-0.2, -0.15) is 17.7 Å². The van der Waals surface area contributed by atoms with Gasteiger partial charge in [0.05, 0.1) is 0 Å². The minimum absolute atomic E-state index is 0.0859. The molecule has 0 aliphatic carbocycles. The van der Waals surface area contributed by atoms with E-state index in [-0.39, 0.29) is 4.96 Å². The predicted octanol–water partition coefficient (Wildman–Crippen LogP) is 1.14. The minimum atomic E-state index is -4.64. The molecule has 2 aromatic rings. The van der Waals surface area contributed by atoms with Crippen LogP contribution in [0.3, 0.4) is 0 Å². The molecule has 0 amide bonds. The molecule has 2 heterocycles. The normalized spacial score (nSPS) is 12.3. The highest BCUT2D eigenvalue weighted by molar-refractivity contribution is 7.20. The maximum Gasteiger partial charge on any atom is 0.433 e. The van der Waals surface area contributed by atoms with Crippen LogP contribution in [0.5, 0.6) is 0 Å². The number of rotatable bonds is 4. The molecule has 0 unspecified atom stereocenters. The van der Waals surface area contributed by atoms with Crippen LogP contribution in [0.15, 0.2) is 10.9 Å². The van der Waals surface area contributed by atoms with Gasteiger partial charge in [-0.15, -0.1) is 5.10 Å². The van der Waals surface area contributed by atoms with E-state index >= 15 is 0 Å². The molecule has 0 fully saturated rings. The Bertz CT molecular complexity index is 663. The molecule has 20 heavy (non-hydrogen) atoms. The average Bonchev–Trinajstić information content (AvgIpc) is 2.70. The van der Waals surface area contributed by atoms with Crippen molar-refractivity contribution in [1.29, 1.82) is 0 Å². The summed E-state index contributed by atoms with van der Waals surface area (Å²) >= 11 is 0.904. The number of nitrogens with one attached hydrogen (secondary N) is 1. The second-order valence-electron chi connectivity index (χ2n) is 4.31. The number of likely N-dealkylation sites (N-methyl/N-ethyl adjacent to an activating group) is 1. The molecule has 1 N–H and O–H groups in total. The van der Waals surface area contributed by atoms with Crippen molar-refractivity contribution in [2.75, 3.05) is 32.5 Å². The van der Waals surface area contributed by atoms with Crippen LogP contribution < -0.4 is 10.9 Å². The standard InChI is InChI=1S/C10H12F3N5OS/c1-17(2)4-3-14-8-16-18-7(19)5-6(10(11,12)13)15-9(18)20-8/h5H,3-4H2,1-2H3,(H,14,16). The van der Waals surface area contributed by atoms with Gasteiger partial charge in [0.15, 0.2) is 5.69 Å². The van der Waals surface area contributed by atoms with E-state index in [1.807, 2.05) is 19.0 Å². The molecule has 0 radical (unpaired) electrons. The Kier molecular flexibility index (Phi) is 3.95. The lowest BCUT2D eigenvalue weighted by Gasteiger charge is -2.08. The molecule has 0 aliphatic rings. The summed E-state index contributed by atoms with van der Waals surface area (Å²) in [6, 6.07) is 0.441. The highest BCUT2D eigenvalue weighted by atomic mass is 32.1. The van der Waals surface area contributed by atoms with Crippen molar-refractivity contribution >= 4 is 21.4 Å². The van der Waals surface area contributed by atoms with Gasteiger partial charge in [0.25, 0.3) is 5.56 Å². The van der Waals surface area contributed by atoms with E-state index in [9.17, 15) is 18.0 Å². The first-order valence-corrected chi connectivity index (χ1v) is 6.46. The molecular weight excluding hydrogens is 295 g/mol. The Hall–Kier alpha value is -1.68. The van der Waals surface area contributed by atoms with Crippen molar-refractivity contribution < 1.29 is 13.2 Å². The van der Waals surface area contributed by atoms with Gasteiger partial charge in [-0.05, 0) is 14.1 Å². The Morgan fingerprint density at radius 2 is 2.15 bits per heavy atom. The van der Waals surface area contributed by atoms with Crippen LogP contribution in [-0.2, 0) is 6.18 Å². The van der Waals surface area contributed by atoms with Gasteiger partial charge in [-0.3, -0.25) is 4.79 Å². The molecule has 2 rings (SSSR count). The maximum atomic E-state index is 12.5. The van der Waals surface area contributed by atoms with E-state index in [0.717, 1.165) is 22.4 Å². The summed E-state index contributed by atoms with van der Waals surface area (Å²) in [5.41, 5.74) is -2.05. The molecule has 110 valence electrons. The van der Waals surface area contributed by atoms with Crippen LogP contribution >= 0.6 is 11.3 Å². The Balaban J connectivity index is 2.30. The third kappa shape index (κ3) is 3.25. The third-order valence-corrected chi connectivity index (χ3v) is 3.24. The highest BCUT2D eigenvalue weighted by Crippen LogP contribution is 2.27. The smallest absolute Gasteiger partial charge is 0.359 e. The SMILES string of the molecule is CN(C)CCNc1nn2c(=O)cc(C(F)(F)F)nc2s1. The molecule has 6 nitrogen and oxygen atoms in total. The number of aromatic nitrogens is 3. The zero-order valence-corrected chi connectivity index (χ0v) is 11.5. The van der Waals surface area contributed by atoms with Crippen LogP contribution in [-0.4, -0.2) is 46.7 Å². The van der Waals surface area contributed by atoms with Gasteiger partial charge in [-0.1, -0.05) is 11.3 Å². The number of halogens is 3. The molecule has 0 aromatic carbocycles. The van der Waals surface area contributed by atoms with E-state index < -0.39 is 17.4 Å². The predicted molar refractivity (Wildman–Crippen MR) is 69.2 cm³/mol. The van der Waals surface area contributed by atoms with Crippen LogP contribution in [0, 0.1) is 0 Å². The Labute approximate surface area is 115 Å². The second kappa shape index (κ2) is 5.37. The Morgan fingerprint density at radius 1 is 1.45 bits per heavy atom. The molecule has 0 spiro atoms. The summed E-state index contributed by atoms with van der Waals surface area (Å²) in [5, 5.41) is 7.19. The first-order chi connectivity index (χ1) is 9.27. The van der Waals surface area contributed by atoms with Crippen LogP contribution in [0.25, 0.3) is 4.96 Å². The van der Waals surface area contributed by atoms with Gasteiger partial charge in [0.2, 0.25) is 10.1 Å². The minimum Gasteiger partial charge on any atom is -0.359 e. The molecular formula is C10H12F3N5OS. The fourth-order valence-corrected chi connectivity index (χ4v) is 2.24. The molecule has 2 aromatic heterocycles. The fraction of sp³-hybridized carbons (Fsp3) is 0.500. The van der Waals surface area contributed by atoms with E-state index in [0.29, 0.717) is 17.7 Å². The Morgan fingerprint density at radius 3 is 2.75 bits per heavy atom. The summed E-state index contributed by atoms with van der Waals surface area (Å²) in [6.45, 7) is 1.29. The topological polar surface area (TPSA) is 62.5 Å². The van der Waals surface area contributed by atoms with Crippen molar-refractivity contribution in [1.82, 2.24) is 19.5 Å². The van der Waals surface area contributed by atoms with Crippen molar-refractivity contribution in [3.63, 3.8) is 0 Å². The lowest BCUT2D eigenvalue weighted by Crippen LogP contribution is -2.21. The summed E-state index contributed by atoms with van der Waals surface area (Å²) in [5.74, 6) is 0. The van der Waals surface area contributed by atoms with Crippen LogP contribution in [0.1, 0.15) is 5.69 Å². The number of alkyl halides is 3. The molecule has 0 aliphatic heterocycles. The quantitative estimate of drug-likeness (QED) is 0.918. The van der Waals surface area contributed by atoms with Gasteiger partial charge >= 0.3 is 6.18 Å². The number of hydrogen-bond donors (Lipinski definition) is 1. The maximum absolute atomic E-state index is 12.5. The monoisotopic (exact) mass is 307 g/mol. The summed E-state index contributed by atoms with van der Waals surface area (Å²) < 4.78 is 38.5. The highest BCUT2D eigenvalue weighted by Gasteiger charge is 2.33. The van der Waals surface area contributed by atoms with E-state index in [1.54, 1.807) is 0 Å².